The van der Waals surface area contributed by atoms with Gasteiger partial charge in [-0.05, 0) is 42.3 Å². The Hall–Kier alpha value is -4.08. The molecule has 36 heavy (non-hydrogen) atoms. The molecule has 0 unspecified atom stereocenters. The lowest BCUT2D eigenvalue weighted by Gasteiger charge is -2.41. The molecule has 3 N–H and O–H groups in total. The Kier molecular flexibility index (Phi) is 6.03. The van der Waals surface area contributed by atoms with Crippen LogP contribution in [0.2, 0.25) is 0 Å². The predicted octanol–water partition coefficient (Wildman–Crippen LogP) is 4.41. The number of nitrogen functional groups attached to an aromatic ring is 1. The fourth-order valence-electron chi connectivity index (χ4n) is 4.72. The first kappa shape index (κ1) is 23.7. The fraction of sp³-hybridized carbons (Fsp3) is 0.222. The number of nitrogens with one attached hydrogen (secondary N) is 1. The highest BCUT2D eigenvalue weighted by atomic mass is 19.1. The first-order valence-corrected chi connectivity index (χ1v) is 11.5. The van der Waals surface area contributed by atoms with E-state index in [2.05, 4.69) is 21.9 Å². The van der Waals surface area contributed by atoms with Gasteiger partial charge in [-0.25, -0.2) is 14.4 Å². The Balaban J connectivity index is 1.67. The van der Waals surface area contributed by atoms with Crippen LogP contribution >= 0.6 is 0 Å². The molecule has 2 aromatic heterocycles. The number of halogens is 1. The number of rotatable bonds is 7. The molecule has 1 aliphatic rings. The van der Waals surface area contributed by atoms with Crippen molar-refractivity contribution in [3.8, 4) is 22.4 Å². The summed E-state index contributed by atoms with van der Waals surface area (Å²) in [5.41, 5.74) is 10.2. The van der Waals surface area contributed by atoms with Crippen molar-refractivity contribution < 1.29 is 18.7 Å². The van der Waals surface area contributed by atoms with Crippen molar-refractivity contribution >= 4 is 28.4 Å². The van der Waals surface area contributed by atoms with Crippen LogP contribution in [0.5, 0.6) is 0 Å². The van der Waals surface area contributed by atoms with E-state index in [4.69, 9.17) is 15.2 Å². The summed E-state index contributed by atoms with van der Waals surface area (Å²) in [5.74, 6) is -0.382. The largest absolute Gasteiger partial charge is 0.383 e. The Bertz CT molecular complexity index is 1480. The van der Waals surface area contributed by atoms with Crippen molar-refractivity contribution in [2.75, 3.05) is 30.9 Å². The molecule has 0 aliphatic carbocycles. The molecule has 1 amide bonds. The zero-order valence-corrected chi connectivity index (χ0v) is 20.0. The number of anilines is 2. The Morgan fingerprint density at radius 1 is 1.25 bits per heavy atom. The number of carbonyl (C=O) groups excluding carboxylic acids is 1. The maximum atomic E-state index is 15.6. The van der Waals surface area contributed by atoms with E-state index in [0.29, 0.717) is 59.0 Å². The molecule has 3 heterocycles. The van der Waals surface area contributed by atoms with Crippen LogP contribution in [0.4, 0.5) is 15.9 Å². The average molecular weight is 488 g/mol. The van der Waals surface area contributed by atoms with Gasteiger partial charge in [0.15, 0.2) is 0 Å². The number of carbonyl (C=O) groups is 1. The monoisotopic (exact) mass is 487 g/mol. The number of amides is 1. The summed E-state index contributed by atoms with van der Waals surface area (Å²) in [6, 6.07) is 12.4. The molecule has 0 saturated carbocycles. The number of hydrogen-bond donors (Lipinski definition) is 2. The quantitative estimate of drug-likeness (QED) is 0.374. The first-order valence-electron chi connectivity index (χ1n) is 11.5. The standard InChI is InChI=1S/C27H26FN5O3/c1-4-21(34)32-18-9-6-16(7-10-18)24-22(23-25(29)30-15-31-26(23)33(24)3)17-8-11-19(20(28)12-17)27(36-5-2)13-35-14-27/h4,6-12,15H,1,5,13-14H2,2-3H3,(H,32,34)(H2,29,30,31). The second kappa shape index (κ2) is 9.18. The van der Waals surface area contributed by atoms with Crippen molar-refractivity contribution in [3.63, 3.8) is 0 Å². The zero-order valence-electron chi connectivity index (χ0n) is 20.0. The number of ether oxygens (including phenoxy) is 2. The van der Waals surface area contributed by atoms with Crippen LogP contribution in [0, 0.1) is 5.82 Å². The summed E-state index contributed by atoms with van der Waals surface area (Å²) >= 11 is 0. The third-order valence-electron chi connectivity index (χ3n) is 6.45. The van der Waals surface area contributed by atoms with Crippen molar-refractivity contribution in [2.24, 2.45) is 7.05 Å². The summed E-state index contributed by atoms with van der Waals surface area (Å²) in [7, 11) is 1.88. The van der Waals surface area contributed by atoms with Crippen LogP contribution in [0.3, 0.4) is 0 Å². The van der Waals surface area contributed by atoms with E-state index in [1.807, 2.05) is 36.7 Å². The fourth-order valence-corrected chi connectivity index (χ4v) is 4.72. The van der Waals surface area contributed by atoms with E-state index in [0.717, 1.165) is 11.3 Å². The highest BCUT2D eigenvalue weighted by Gasteiger charge is 2.43. The molecule has 2 aromatic carbocycles. The molecular formula is C27H26FN5O3. The molecule has 1 saturated heterocycles. The highest BCUT2D eigenvalue weighted by Crippen LogP contribution is 2.43. The number of hydrogen-bond acceptors (Lipinski definition) is 6. The highest BCUT2D eigenvalue weighted by molar-refractivity contribution is 6.08. The Morgan fingerprint density at radius 3 is 2.58 bits per heavy atom. The third-order valence-corrected chi connectivity index (χ3v) is 6.45. The predicted molar refractivity (Wildman–Crippen MR) is 137 cm³/mol. The van der Waals surface area contributed by atoms with Crippen molar-refractivity contribution in [1.29, 1.82) is 0 Å². The van der Waals surface area contributed by atoms with Gasteiger partial charge in [0.1, 0.15) is 29.2 Å². The summed E-state index contributed by atoms with van der Waals surface area (Å²) in [5, 5.41) is 3.37. The van der Waals surface area contributed by atoms with Gasteiger partial charge in [0.05, 0.1) is 24.3 Å². The van der Waals surface area contributed by atoms with Gasteiger partial charge in [-0.1, -0.05) is 30.8 Å². The van der Waals surface area contributed by atoms with E-state index < -0.39 is 5.60 Å². The summed E-state index contributed by atoms with van der Waals surface area (Å²) in [6.07, 6.45) is 2.62. The van der Waals surface area contributed by atoms with Crippen molar-refractivity contribution in [2.45, 2.75) is 12.5 Å². The second-order valence-corrected chi connectivity index (χ2v) is 8.63. The molecule has 5 rings (SSSR count). The van der Waals surface area contributed by atoms with Crippen molar-refractivity contribution in [1.82, 2.24) is 14.5 Å². The number of nitrogens with two attached hydrogens (primary N) is 1. The molecule has 0 spiro atoms. The van der Waals surface area contributed by atoms with Gasteiger partial charge in [-0.15, -0.1) is 0 Å². The van der Waals surface area contributed by atoms with Gasteiger partial charge in [0.25, 0.3) is 0 Å². The van der Waals surface area contributed by atoms with E-state index in [1.54, 1.807) is 18.2 Å². The molecule has 0 atom stereocenters. The van der Waals surface area contributed by atoms with Crippen LogP contribution in [-0.4, -0.2) is 40.3 Å². The Morgan fingerprint density at radius 2 is 1.97 bits per heavy atom. The van der Waals surface area contributed by atoms with Gasteiger partial charge in [-0.3, -0.25) is 4.79 Å². The molecule has 0 radical (unpaired) electrons. The second-order valence-electron chi connectivity index (χ2n) is 8.63. The molecule has 1 aliphatic heterocycles. The summed E-state index contributed by atoms with van der Waals surface area (Å²) in [6.45, 7) is 6.43. The maximum absolute atomic E-state index is 15.6. The van der Waals surface area contributed by atoms with E-state index in [1.165, 1.54) is 18.5 Å². The van der Waals surface area contributed by atoms with Crippen molar-refractivity contribution in [3.05, 3.63) is 72.8 Å². The molecule has 9 heteroatoms. The minimum absolute atomic E-state index is 0.298. The molecule has 8 nitrogen and oxygen atoms in total. The minimum atomic E-state index is -0.771. The van der Waals surface area contributed by atoms with Gasteiger partial charge in [0, 0.05) is 30.5 Å². The molecule has 0 bridgehead atoms. The van der Waals surface area contributed by atoms with Crippen LogP contribution in [0.1, 0.15) is 12.5 Å². The van der Waals surface area contributed by atoms with Crippen LogP contribution in [0.15, 0.2) is 61.4 Å². The average Bonchev–Trinajstić information content (AvgIpc) is 3.15. The van der Waals surface area contributed by atoms with E-state index in [-0.39, 0.29) is 11.7 Å². The van der Waals surface area contributed by atoms with Crippen LogP contribution in [-0.2, 0) is 26.9 Å². The first-order chi connectivity index (χ1) is 17.4. The number of fused-ring (bicyclic) bond motifs is 1. The number of aromatic nitrogens is 3. The number of aryl methyl sites for hydroxylation is 1. The normalized spacial score (nSPS) is 14.4. The van der Waals surface area contributed by atoms with Gasteiger partial charge >= 0.3 is 0 Å². The number of benzene rings is 2. The zero-order chi connectivity index (χ0) is 25.4. The lowest BCUT2D eigenvalue weighted by atomic mass is 9.89. The molecule has 4 aromatic rings. The van der Waals surface area contributed by atoms with Gasteiger partial charge < -0.3 is 25.1 Å². The van der Waals surface area contributed by atoms with Crippen LogP contribution in [0.25, 0.3) is 33.4 Å². The van der Waals surface area contributed by atoms with E-state index in [9.17, 15) is 4.79 Å². The molecule has 1 fully saturated rings. The maximum Gasteiger partial charge on any atom is 0.247 e. The lowest BCUT2D eigenvalue weighted by molar-refractivity contribution is -0.215. The summed E-state index contributed by atoms with van der Waals surface area (Å²) < 4.78 is 28.7. The minimum Gasteiger partial charge on any atom is -0.383 e. The smallest absolute Gasteiger partial charge is 0.247 e. The van der Waals surface area contributed by atoms with Gasteiger partial charge in [-0.2, -0.15) is 0 Å². The third kappa shape index (κ3) is 3.82. The topological polar surface area (TPSA) is 104 Å². The van der Waals surface area contributed by atoms with Crippen LogP contribution < -0.4 is 11.1 Å². The lowest BCUT2D eigenvalue weighted by Crippen LogP contribution is -2.49. The SMILES string of the molecule is C=CC(=O)Nc1ccc(-c2c(-c3ccc(C4(OCC)COC4)c(F)c3)c3c(N)ncnc3n2C)cc1. The summed E-state index contributed by atoms with van der Waals surface area (Å²) in [4.78, 5) is 20.3. The van der Waals surface area contributed by atoms with E-state index >= 15 is 4.39 Å². The molecular weight excluding hydrogens is 461 g/mol. The Labute approximate surface area is 207 Å². The van der Waals surface area contributed by atoms with Gasteiger partial charge in [0.2, 0.25) is 5.91 Å². The molecule has 184 valence electrons. The number of nitrogens with zero attached hydrogens (tertiary/aromatic N) is 3.